The molecule has 4 rings (SSSR count). The fraction of sp³-hybridized carbons (Fsp3) is 0.500. The molecular weight excluding hydrogens is 331 g/mol. The van der Waals surface area contributed by atoms with Gasteiger partial charge in [-0.15, -0.1) is 0 Å². The van der Waals surface area contributed by atoms with Gasteiger partial charge in [-0.25, -0.2) is 9.37 Å². The van der Waals surface area contributed by atoms with Crippen molar-refractivity contribution in [2.75, 3.05) is 24.5 Å². The molecule has 0 saturated carbocycles. The number of fused-ring (bicyclic) bond motifs is 1. The lowest BCUT2D eigenvalue weighted by Gasteiger charge is -2.33. The summed E-state index contributed by atoms with van der Waals surface area (Å²) >= 11 is 0. The second-order valence-corrected chi connectivity index (χ2v) is 7.60. The Bertz CT molecular complexity index is 833. The minimum absolute atomic E-state index is 0.0213. The Kier molecular flexibility index (Phi) is 4.76. The summed E-state index contributed by atoms with van der Waals surface area (Å²) in [6.45, 7) is 6.32. The minimum atomic E-state index is -0.224. The minimum Gasteiger partial charge on any atom is -0.342 e. The highest BCUT2D eigenvalue weighted by molar-refractivity contribution is 5.35. The third-order valence-electron chi connectivity index (χ3n) is 5.41. The molecule has 1 saturated heterocycles. The number of rotatable bonds is 3. The van der Waals surface area contributed by atoms with E-state index in [1.165, 1.54) is 18.6 Å². The first-order valence-electron chi connectivity index (χ1n) is 9.42. The number of nitrogens with zero attached hydrogens (tertiary/aromatic N) is 3. The van der Waals surface area contributed by atoms with Crippen molar-refractivity contribution >= 4 is 5.95 Å². The zero-order valence-electron chi connectivity index (χ0n) is 15.2. The molecule has 2 aromatic rings. The van der Waals surface area contributed by atoms with Crippen LogP contribution in [0.2, 0.25) is 0 Å². The fourth-order valence-corrected chi connectivity index (χ4v) is 3.98. The number of piperidine rings is 1. The van der Waals surface area contributed by atoms with E-state index in [4.69, 9.17) is 4.98 Å². The third kappa shape index (κ3) is 3.65. The Morgan fingerprint density at radius 2 is 2.08 bits per heavy atom. The van der Waals surface area contributed by atoms with E-state index in [1.54, 1.807) is 12.1 Å². The van der Waals surface area contributed by atoms with Crippen LogP contribution in [-0.4, -0.2) is 34.5 Å². The topological polar surface area (TPSA) is 52.2 Å². The first kappa shape index (κ1) is 17.2. The molecule has 1 atom stereocenters. The van der Waals surface area contributed by atoms with E-state index in [2.05, 4.69) is 21.7 Å². The van der Waals surface area contributed by atoms with E-state index in [-0.39, 0.29) is 11.4 Å². The Morgan fingerprint density at radius 3 is 2.85 bits per heavy atom. The highest BCUT2D eigenvalue weighted by atomic mass is 19.1. The highest BCUT2D eigenvalue weighted by Gasteiger charge is 2.24. The number of aromatic nitrogens is 2. The molecule has 0 amide bonds. The predicted octanol–water partition coefficient (Wildman–Crippen LogP) is 2.70. The Balaban J connectivity index is 1.51. The van der Waals surface area contributed by atoms with Gasteiger partial charge >= 0.3 is 0 Å². The summed E-state index contributed by atoms with van der Waals surface area (Å²) in [5.74, 6) is 1.14. The van der Waals surface area contributed by atoms with Gasteiger partial charge in [0, 0.05) is 39.1 Å². The normalized spacial score (nSPS) is 20.8. The van der Waals surface area contributed by atoms with Gasteiger partial charge in [0.05, 0.1) is 11.3 Å². The number of H-pyrrole nitrogens is 1. The van der Waals surface area contributed by atoms with Crippen molar-refractivity contribution in [2.45, 2.75) is 39.3 Å². The molecule has 26 heavy (non-hydrogen) atoms. The molecule has 1 fully saturated rings. The smallest absolute Gasteiger partial charge is 0.257 e. The van der Waals surface area contributed by atoms with Crippen LogP contribution in [0, 0.1) is 11.7 Å². The van der Waals surface area contributed by atoms with Crippen molar-refractivity contribution < 1.29 is 4.39 Å². The molecule has 5 nitrogen and oxygen atoms in total. The molecule has 6 heteroatoms. The second kappa shape index (κ2) is 7.19. The van der Waals surface area contributed by atoms with Gasteiger partial charge in [0.1, 0.15) is 5.82 Å². The zero-order chi connectivity index (χ0) is 18.1. The average Bonchev–Trinajstić information content (AvgIpc) is 2.64. The summed E-state index contributed by atoms with van der Waals surface area (Å²) in [6, 6.07) is 6.56. The van der Waals surface area contributed by atoms with Gasteiger partial charge in [-0.1, -0.05) is 19.1 Å². The van der Waals surface area contributed by atoms with E-state index < -0.39 is 0 Å². The van der Waals surface area contributed by atoms with Crippen molar-refractivity contribution in [3.05, 3.63) is 57.3 Å². The van der Waals surface area contributed by atoms with Gasteiger partial charge in [0.2, 0.25) is 5.95 Å². The summed E-state index contributed by atoms with van der Waals surface area (Å²) < 4.78 is 13.1. The molecule has 1 aromatic carbocycles. The monoisotopic (exact) mass is 356 g/mol. The maximum atomic E-state index is 13.1. The van der Waals surface area contributed by atoms with Gasteiger partial charge in [0.15, 0.2) is 0 Å². The quantitative estimate of drug-likeness (QED) is 0.919. The molecule has 1 N–H and O–H groups in total. The van der Waals surface area contributed by atoms with Crippen LogP contribution in [0.1, 0.15) is 36.6 Å². The number of aromatic amines is 1. The van der Waals surface area contributed by atoms with Gasteiger partial charge in [-0.2, -0.15) is 0 Å². The average molecular weight is 356 g/mol. The third-order valence-corrected chi connectivity index (χ3v) is 5.41. The van der Waals surface area contributed by atoms with Crippen molar-refractivity contribution in [3.63, 3.8) is 0 Å². The maximum Gasteiger partial charge on any atom is 0.257 e. The Morgan fingerprint density at radius 1 is 1.27 bits per heavy atom. The highest BCUT2D eigenvalue weighted by Crippen LogP contribution is 2.22. The molecule has 1 aromatic heterocycles. The summed E-state index contributed by atoms with van der Waals surface area (Å²) in [7, 11) is 0. The molecule has 0 bridgehead atoms. The van der Waals surface area contributed by atoms with Crippen LogP contribution < -0.4 is 10.5 Å². The Labute approximate surface area is 152 Å². The SMILES string of the molecule is C[C@H]1CCCN(c2nc3c(c(=O)[nH]2)CN(Cc2ccc(F)cc2)CC3)C1. The van der Waals surface area contributed by atoms with Crippen LogP contribution >= 0.6 is 0 Å². The number of hydrogen-bond donors (Lipinski definition) is 1. The van der Waals surface area contributed by atoms with Crippen LogP contribution in [0.3, 0.4) is 0 Å². The van der Waals surface area contributed by atoms with Crippen molar-refractivity contribution in [3.8, 4) is 0 Å². The lowest BCUT2D eigenvalue weighted by Crippen LogP contribution is -2.39. The predicted molar refractivity (Wildman–Crippen MR) is 99.7 cm³/mol. The van der Waals surface area contributed by atoms with Gasteiger partial charge in [-0.3, -0.25) is 14.7 Å². The van der Waals surface area contributed by atoms with Crippen molar-refractivity contribution in [1.29, 1.82) is 0 Å². The largest absolute Gasteiger partial charge is 0.342 e. The van der Waals surface area contributed by atoms with Gasteiger partial charge in [-0.05, 0) is 36.5 Å². The van der Waals surface area contributed by atoms with Gasteiger partial charge in [0.25, 0.3) is 5.56 Å². The zero-order valence-corrected chi connectivity index (χ0v) is 15.2. The van der Waals surface area contributed by atoms with Crippen LogP contribution in [0.5, 0.6) is 0 Å². The molecule has 2 aliphatic rings. The van der Waals surface area contributed by atoms with E-state index >= 15 is 0 Å². The molecule has 0 radical (unpaired) electrons. The molecular formula is C20H25FN4O. The second-order valence-electron chi connectivity index (χ2n) is 7.60. The van der Waals surface area contributed by atoms with Crippen LogP contribution in [0.25, 0.3) is 0 Å². The number of halogens is 1. The molecule has 2 aliphatic heterocycles. The molecule has 138 valence electrons. The van der Waals surface area contributed by atoms with E-state index in [1.807, 2.05) is 0 Å². The van der Waals surface area contributed by atoms with Gasteiger partial charge < -0.3 is 4.90 Å². The summed E-state index contributed by atoms with van der Waals surface area (Å²) in [5.41, 5.74) is 2.73. The fourth-order valence-electron chi connectivity index (χ4n) is 3.98. The van der Waals surface area contributed by atoms with Crippen LogP contribution in [0.15, 0.2) is 29.1 Å². The summed E-state index contributed by atoms with van der Waals surface area (Å²) in [4.78, 5) is 24.9. The van der Waals surface area contributed by atoms with Crippen molar-refractivity contribution in [2.24, 2.45) is 5.92 Å². The molecule has 0 unspecified atom stereocenters. The molecule has 0 spiro atoms. The lowest BCUT2D eigenvalue weighted by molar-refractivity contribution is 0.241. The van der Waals surface area contributed by atoms with Crippen LogP contribution in [0.4, 0.5) is 10.3 Å². The van der Waals surface area contributed by atoms with Crippen molar-refractivity contribution in [1.82, 2.24) is 14.9 Å². The first-order chi connectivity index (χ1) is 12.6. The summed E-state index contributed by atoms with van der Waals surface area (Å²) in [5, 5.41) is 0. The van der Waals surface area contributed by atoms with E-state index in [9.17, 15) is 9.18 Å². The van der Waals surface area contributed by atoms with E-state index in [0.29, 0.717) is 19.0 Å². The number of hydrogen-bond acceptors (Lipinski definition) is 4. The maximum absolute atomic E-state index is 13.1. The summed E-state index contributed by atoms with van der Waals surface area (Å²) in [6.07, 6.45) is 3.16. The number of nitrogens with one attached hydrogen (secondary N) is 1. The van der Waals surface area contributed by atoms with E-state index in [0.717, 1.165) is 55.2 Å². The standard InChI is InChI=1S/C20H25FN4O/c1-14-3-2-9-25(11-14)20-22-18-8-10-24(13-17(18)19(26)23-20)12-15-4-6-16(21)7-5-15/h4-7,14H,2-3,8-13H2,1H3,(H,22,23,26)/t14-/m0/s1. The van der Waals surface area contributed by atoms with Crippen LogP contribution in [-0.2, 0) is 19.5 Å². The number of benzene rings is 1. The Hall–Kier alpha value is -2.21. The lowest BCUT2D eigenvalue weighted by atomic mass is 10.0. The molecule has 0 aliphatic carbocycles. The molecule has 3 heterocycles. The number of anilines is 1. The first-order valence-corrected chi connectivity index (χ1v) is 9.42.